The van der Waals surface area contributed by atoms with Crippen molar-refractivity contribution in [1.82, 2.24) is 20.1 Å². The molecule has 118 valence electrons. The van der Waals surface area contributed by atoms with Crippen LogP contribution in [0.15, 0.2) is 5.16 Å². The standard InChI is InChI=1S/C14H25N5OS/c1-10(2)19-13(15)17-18-14(19)21-9-12(20)16-11-7-5-3-4-6-8-11/h10-11H,3-9H2,1-2H3,(H2,15,17)(H,16,20). The summed E-state index contributed by atoms with van der Waals surface area (Å²) >= 11 is 1.40. The predicted octanol–water partition coefficient (Wildman–Crippen LogP) is 2.37. The predicted molar refractivity (Wildman–Crippen MR) is 85.2 cm³/mol. The van der Waals surface area contributed by atoms with Crippen molar-refractivity contribution in [3.63, 3.8) is 0 Å². The lowest BCUT2D eigenvalue weighted by Gasteiger charge is -2.16. The van der Waals surface area contributed by atoms with Gasteiger partial charge in [0.1, 0.15) is 0 Å². The monoisotopic (exact) mass is 311 g/mol. The van der Waals surface area contributed by atoms with Gasteiger partial charge in [-0.05, 0) is 26.7 Å². The minimum absolute atomic E-state index is 0.0729. The van der Waals surface area contributed by atoms with E-state index in [1.807, 2.05) is 18.4 Å². The lowest BCUT2D eigenvalue weighted by atomic mass is 10.1. The van der Waals surface area contributed by atoms with E-state index in [0.717, 1.165) is 12.8 Å². The molecule has 1 fully saturated rings. The van der Waals surface area contributed by atoms with Crippen LogP contribution in [-0.2, 0) is 4.79 Å². The second-order valence-corrected chi connectivity index (χ2v) is 6.79. The lowest BCUT2D eigenvalue weighted by Crippen LogP contribution is -2.35. The Morgan fingerprint density at radius 2 is 2.00 bits per heavy atom. The normalized spacial score (nSPS) is 16.9. The Morgan fingerprint density at radius 1 is 1.33 bits per heavy atom. The van der Waals surface area contributed by atoms with E-state index in [9.17, 15) is 4.79 Å². The van der Waals surface area contributed by atoms with Crippen molar-refractivity contribution in [2.45, 2.75) is 69.6 Å². The summed E-state index contributed by atoms with van der Waals surface area (Å²) in [5, 5.41) is 11.8. The van der Waals surface area contributed by atoms with E-state index in [1.165, 1.54) is 37.4 Å². The number of rotatable bonds is 5. The first-order valence-electron chi connectivity index (χ1n) is 7.70. The van der Waals surface area contributed by atoms with Crippen LogP contribution in [0.3, 0.4) is 0 Å². The molecule has 1 aromatic heterocycles. The fourth-order valence-electron chi connectivity index (χ4n) is 2.70. The summed E-state index contributed by atoms with van der Waals surface area (Å²) in [6.07, 6.45) is 7.22. The minimum atomic E-state index is 0.0729. The van der Waals surface area contributed by atoms with Gasteiger partial charge in [0, 0.05) is 12.1 Å². The van der Waals surface area contributed by atoms with E-state index < -0.39 is 0 Å². The van der Waals surface area contributed by atoms with Crippen molar-refractivity contribution in [1.29, 1.82) is 0 Å². The zero-order valence-corrected chi connectivity index (χ0v) is 13.7. The number of carbonyl (C=O) groups excluding carboxylic acids is 1. The van der Waals surface area contributed by atoms with Gasteiger partial charge in [-0.25, -0.2) is 0 Å². The minimum Gasteiger partial charge on any atom is -0.368 e. The van der Waals surface area contributed by atoms with Crippen molar-refractivity contribution in [2.75, 3.05) is 11.5 Å². The Labute approximate surface area is 130 Å². The zero-order chi connectivity index (χ0) is 15.2. The van der Waals surface area contributed by atoms with E-state index in [-0.39, 0.29) is 11.9 Å². The molecule has 0 spiro atoms. The second kappa shape index (κ2) is 7.68. The summed E-state index contributed by atoms with van der Waals surface area (Å²) in [5.74, 6) is 0.835. The summed E-state index contributed by atoms with van der Waals surface area (Å²) in [7, 11) is 0. The summed E-state index contributed by atoms with van der Waals surface area (Å²) in [5.41, 5.74) is 5.79. The first kappa shape index (κ1) is 16.1. The number of nitrogen functional groups attached to an aromatic ring is 1. The number of carbonyl (C=O) groups is 1. The highest BCUT2D eigenvalue weighted by Gasteiger charge is 2.17. The summed E-state index contributed by atoms with van der Waals surface area (Å²) in [4.78, 5) is 12.1. The fraction of sp³-hybridized carbons (Fsp3) is 0.786. The van der Waals surface area contributed by atoms with Gasteiger partial charge in [0.15, 0.2) is 5.16 Å². The third-order valence-electron chi connectivity index (χ3n) is 3.76. The Morgan fingerprint density at radius 3 is 2.62 bits per heavy atom. The van der Waals surface area contributed by atoms with Gasteiger partial charge >= 0.3 is 0 Å². The van der Waals surface area contributed by atoms with Gasteiger partial charge in [0.25, 0.3) is 0 Å². The number of thioether (sulfide) groups is 1. The maximum Gasteiger partial charge on any atom is 0.230 e. The molecule has 1 heterocycles. The molecule has 7 heteroatoms. The molecule has 0 aromatic carbocycles. The van der Waals surface area contributed by atoms with E-state index in [2.05, 4.69) is 15.5 Å². The third kappa shape index (κ3) is 4.62. The van der Waals surface area contributed by atoms with Crippen LogP contribution in [0.25, 0.3) is 0 Å². The number of nitrogens with two attached hydrogens (primary N) is 1. The van der Waals surface area contributed by atoms with Gasteiger partial charge in [-0.1, -0.05) is 37.4 Å². The first-order valence-corrected chi connectivity index (χ1v) is 8.69. The molecule has 0 aliphatic heterocycles. The number of anilines is 1. The Bertz CT molecular complexity index is 466. The van der Waals surface area contributed by atoms with Gasteiger partial charge in [-0.15, -0.1) is 10.2 Å². The number of nitrogens with one attached hydrogen (secondary N) is 1. The van der Waals surface area contributed by atoms with Crippen LogP contribution in [0, 0.1) is 0 Å². The quantitative estimate of drug-likeness (QED) is 0.644. The molecule has 1 aliphatic carbocycles. The van der Waals surface area contributed by atoms with Gasteiger partial charge in [0.05, 0.1) is 5.75 Å². The maximum atomic E-state index is 12.1. The Kier molecular flexibility index (Phi) is 5.90. The van der Waals surface area contributed by atoms with E-state index >= 15 is 0 Å². The molecule has 2 rings (SSSR count). The van der Waals surface area contributed by atoms with Crippen LogP contribution in [0.1, 0.15) is 58.4 Å². The largest absolute Gasteiger partial charge is 0.368 e. The molecule has 0 atom stereocenters. The number of amides is 1. The molecule has 0 unspecified atom stereocenters. The maximum absolute atomic E-state index is 12.1. The molecule has 1 saturated carbocycles. The Balaban J connectivity index is 1.83. The molecule has 0 bridgehead atoms. The molecular formula is C14H25N5OS. The highest BCUT2D eigenvalue weighted by atomic mass is 32.2. The SMILES string of the molecule is CC(C)n1c(N)nnc1SCC(=O)NC1CCCCCC1. The van der Waals surface area contributed by atoms with Crippen LogP contribution >= 0.6 is 11.8 Å². The Hall–Kier alpha value is -1.24. The summed E-state index contributed by atoms with van der Waals surface area (Å²) in [6, 6.07) is 0.529. The highest BCUT2D eigenvalue weighted by molar-refractivity contribution is 7.99. The number of hydrogen-bond donors (Lipinski definition) is 2. The van der Waals surface area contributed by atoms with Crippen LogP contribution in [0.4, 0.5) is 5.95 Å². The molecule has 0 radical (unpaired) electrons. The summed E-state index contributed by atoms with van der Waals surface area (Å²) in [6.45, 7) is 4.05. The van der Waals surface area contributed by atoms with E-state index in [1.54, 1.807) is 0 Å². The molecule has 21 heavy (non-hydrogen) atoms. The zero-order valence-electron chi connectivity index (χ0n) is 12.8. The molecule has 1 amide bonds. The van der Waals surface area contributed by atoms with Crippen molar-refractivity contribution in [3.05, 3.63) is 0 Å². The van der Waals surface area contributed by atoms with Crippen molar-refractivity contribution >= 4 is 23.6 Å². The number of hydrogen-bond acceptors (Lipinski definition) is 5. The van der Waals surface area contributed by atoms with Crippen LogP contribution in [-0.4, -0.2) is 32.5 Å². The average Bonchev–Trinajstić information content (AvgIpc) is 2.63. The topological polar surface area (TPSA) is 85.8 Å². The van der Waals surface area contributed by atoms with E-state index in [0.29, 0.717) is 22.9 Å². The first-order chi connectivity index (χ1) is 10.1. The molecular weight excluding hydrogens is 286 g/mol. The lowest BCUT2D eigenvalue weighted by molar-refractivity contribution is -0.119. The average molecular weight is 311 g/mol. The number of aromatic nitrogens is 3. The van der Waals surface area contributed by atoms with Crippen molar-refractivity contribution in [2.24, 2.45) is 0 Å². The van der Waals surface area contributed by atoms with E-state index in [4.69, 9.17) is 5.73 Å². The van der Waals surface area contributed by atoms with Gasteiger partial charge < -0.3 is 11.1 Å². The van der Waals surface area contributed by atoms with Gasteiger partial charge in [-0.3, -0.25) is 9.36 Å². The van der Waals surface area contributed by atoms with Gasteiger partial charge in [-0.2, -0.15) is 0 Å². The molecule has 1 aliphatic rings. The highest BCUT2D eigenvalue weighted by Crippen LogP contribution is 2.22. The van der Waals surface area contributed by atoms with Crippen LogP contribution in [0.2, 0.25) is 0 Å². The number of nitrogens with zero attached hydrogens (tertiary/aromatic N) is 3. The molecule has 1 aromatic rings. The second-order valence-electron chi connectivity index (χ2n) is 5.85. The fourth-order valence-corrected chi connectivity index (χ4v) is 3.58. The van der Waals surface area contributed by atoms with Crippen molar-refractivity contribution < 1.29 is 4.79 Å². The third-order valence-corrected chi connectivity index (χ3v) is 4.70. The van der Waals surface area contributed by atoms with Gasteiger partial charge in [0.2, 0.25) is 11.9 Å². The van der Waals surface area contributed by atoms with Crippen molar-refractivity contribution in [3.8, 4) is 0 Å². The molecule has 0 saturated heterocycles. The smallest absolute Gasteiger partial charge is 0.230 e. The molecule has 6 nitrogen and oxygen atoms in total. The van der Waals surface area contributed by atoms with Crippen LogP contribution < -0.4 is 11.1 Å². The van der Waals surface area contributed by atoms with Crippen LogP contribution in [0.5, 0.6) is 0 Å². The molecule has 3 N–H and O–H groups in total. The summed E-state index contributed by atoms with van der Waals surface area (Å²) < 4.78 is 1.85.